The van der Waals surface area contributed by atoms with Crippen LogP contribution in [0.5, 0.6) is 0 Å². The molecule has 0 amide bonds. The van der Waals surface area contributed by atoms with E-state index in [1.54, 1.807) is 6.07 Å². The summed E-state index contributed by atoms with van der Waals surface area (Å²) in [6.07, 6.45) is -0.0706. The van der Waals surface area contributed by atoms with Crippen LogP contribution in [0.25, 0.3) is 0 Å². The minimum atomic E-state index is -2.70. The Bertz CT molecular complexity index is 152. The molecule has 1 N–H and O–H groups in total. The van der Waals surface area contributed by atoms with Crippen molar-refractivity contribution in [2.45, 2.75) is 0 Å². The van der Waals surface area contributed by atoms with Gasteiger partial charge in [0.05, 0.1) is 6.07 Å². The van der Waals surface area contributed by atoms with Crippen molar-refractivity contribution in [3.05, 3.63) is 0 Å². The van der Waals surface area contributed by atoms with Crippen molar-refractivity contribution in [3.8, 4) is 6.07 Å². The van der Waals surface area contributed by atoms with Crippen LogP contribution < -0.4 is 0 Å². The van der Waals surface area contributed by atoms with Gasteiger partial charge in [-0.1, -0.05) is 0 Å². The first kappa shape index (κ1) is 8.06. The van der Waals surface area contributed by atoms with Crippen LogP contribution in [-0.2, 0) is 16.3 Å². The highest BCUT2D eigenvalue weighted by atomic mass is 32.5. The molecule has 0 aliphatic rings. The lowest BCUT2D eigenvalue weighted by molar-refractivity contribution is 0.390. The quantitative estimate of drug-likeness (QED) is 0.582. The molecule has 0 aromatic rings. The van der Waals surface area contributed by atoms with Gasteiger partial charge < -0.3 is 9.42 Å². The molecule has 0 aromatic heterocycles. The maximum atomic E-state index is 8.80. The molecule has 0 rings (SSSR count). The van der Waals surface area contributed by atoms with Gasteiger partial charge >= 0.3 is 0 Å². The molecule has 1 unspecified atom stereocenters. The van der Waals surface area contributed by atoms with E-state index in [4.69, 9.17) is 10.2 Å². The largest absolute Gasteiger partial charge is 0.344 e. The molecule has 0 heterocycles. The van der Waals surface area contributed by atoms with E-state index in [0.717, 1.165) is 0 Å². The zero-order valence-corrected chi connectivity index (χ0v) is 6.08. The molecule has 0 radical (unpaired) electrons. The molecule has 0 saturated carbocycles. The molecule has 8 heavy (non-hydrogen) atoms. The SMILES string of the molecule is COP(O)(=S)CC#N. The summed E-state index contributed by atoms with van der Waals surface area (Å²) in [7, 11) is 1.30. The lowest BCUT2D eigenvalue weighted by atomic mass is 10.9. The van der Waals surface area contributed by atoms with Gasteiger partial charge in [-0.25, -0.2) is 0 Å². The summed E-state index contributed by atoms with van der Waals surface area (Å²) < 4.78 is 4.44. The van der Waals surface area contributed by atoms with Crippen molar-refractivity contribution in [1.82, 2.24) is 0 Å². The Morgan fingerprint density at radius 1 is 2.00 bits per heavy atom. The van der Waals surface area contributed by atoms with Gasteiger partial charge in [0.1, 0.15) is 6.16 Å². The normalized spacial score (nSPS) is 16.6. The van der Waals surface area contributed by atoms with Crippen molar-refractivity contribution in [2.75, 3.05) is 13.3 Å². The lowest BCUT2D eigenvalue weighted by Gasteiger charge is -2.05. The molecule has 0 fully saturated rings. The number of hydrogen-bond donors (Lipinski definition) is 1. The Hall–Kier alpha value is 0.0600. The zero-order valence-electron chi connectivity index (χ0n) is 4.37. The summed E-state index contributed by atoms with van der Waals surface area (Å²) in [5.41, 5.74) is 0. The van der Waals surface area contributed by atoms with Crippen LogP contribution in [0.2, 0.25) is 0 Å². The number of nitriles is 1. The molecule has 0 bridgehead atoms. The van der Waals surface area contributed by atoms with Crippen LogP contribution in [0.3, 0.4) is 0 Å². The zero-order chi connectivity index (χ0) is 6.62. The average molecular weight is 151 g/mol. The minimum Gasteiger partial charge on any atom is -0.344 e. The van der Waals surface area contributed by atoms with Gasteiger partial charge in [0.2, 0.25) is 0 Å². The van der Waals surface area contributed by atoms with Gasteiger partial charge in [0.25, 0.3) is 0 Å². The summed E-state index contributed by atoms with van der Waals surface area (Å²) in [5, 5.41) is 8.00. The van der Waals surface area contributed by atoms with Crippen molar-refractivity contribution in [3.63, 3.8) is 0 Å². The van der Waals surface area contributed by atoms with Gasteiger partial charge in [-0.2, -0.15) is 5.26 Å². The number of rotatable bonds is 2. The van der Waals surface area contributed by atoms with E-state index in [1.807, 2.05) is 0 Å². The summed E-state index contributed by atoms with van der Waals surface area (Å²) in [6, 6.07) is 1.73. The van der Waals surface area contributed by atoms with Gasteiger partial charge in [0.15, 0.2) is 6.49 Å². The Balaban J connectivity index is 3.78. The Labute approximate surface area is 53.1 Å². The Morgan fingerprint density at radius 2 is 2.50 bits per heavy atom. The summed E-state index contributed by atoms with van der Waals surface area (Å²) >= 11 is 4.47. The molecule has 46 valence electrons. The third-order valence-electron chi connectivity index (χ3n) is 0.556. The van der Waals surface area contributed by atoms with Crippen LogP contribution in [0.1, 0.15) is 0 Å². The fourth-order valence-corrected chi connectivity index (χ4v) is 0.635. The maximum Gasteiger partial charge on any atom is 0.200 e. The molecule has 0 spiro atoms. The molecule has 0 aliphatic heterocycles. The van der Waals surface area contributed by atoms with Crippen molar-refractivity contribution in [2.24, 2.45) is 0 Å². The standard InChI is InChI=1S/C3H6NO2PS/c1-6-7(5,8)3-2-4/h3H2,1H3,(H,5,8). The van der Waals surface area contributed by atoms with Crippen LogP contribution in [0, 0.1) is 11.3 Å². The highest BCUT2D eigenvalue weighted by molar-refractivity contribution is 8.09. The first-order valence-corrected chi connectivity index (χ1v) is 4.72. The molecule has 0 aromatic carbocycles. The molecule has 1 atom stereocenters. The molecule has 3 nitrogen and oxygen atoms in total. The van der Waals surface area contributed by atoms with Gasteiger partial charge in [-0.15, -0.1) is 0 Å². The van der Waals surface area contributed by atoms with Gasteiger partial charge in [-0.3, -0.25) is 0 Å². The highest BCUT2D eigenvalue weighted by Crippen LogP contribution is 2.39. The molecule has 0 saturated heterocycles. The predicted molar refractivity (Wildman–Crippen MR) is 34.0 cm³/mol. The van der Waals surface area contributed by atoms with Crippen LogP contribution in [-0.4, -0.2) is 18.2 Å². The minimum absolute atomic E-state index is 0.0706. The van der Waals surface area contributed by atoms with Crippen LogP contribution >= 0.6 is 6.49 Å². The second-order valence-electron chi connectivity index (χ2n) is 1.14. The third kappa shape index (κ3) is 3.11. The number of nitrogens with zero attached hydrogens (tertiary/aromatic N) is 1. The molecular formula is C3H6NO2PS. The first-order valence-electron chi connectivity index (χ1n) is 1.87. The monoisotopic (exact) mass is 151 g/mol. The van der Waals surface area contributed by atoms with Crippen molar-refractivity contribution < 1.29 is 9.42 Å². The van der Waals surface area contributed by atoms with E-state index in [-0.39, 0.29) is 6.16 Å². The molecule has 0 aliphatic carbocycles. The van der Waals surface area contributed by atoms with E-state index in [0.29, 0.717) is 0 Å². The van der Waals surface area contributed by atoms with Crippen molar-refractivity contribution in [1.29, 1.82) is 5.26 Å². The topological polar surface area (TPSA) is 53.2 Å². The van der Waals surface area contributed by atoms with E-state index >= 15 is 0 Å². The third-order valence-corrected chi connectivity index (χ3v) is 2.50. The van der Waals surface area contributed by atoms with Gasteiger partial charge in [-0.05, 0) is 11.8 Å². The summed E-state index contributed by atoms with van der Waals surface area (Å²) in [5.74, 6) is 0. The highest BCUT2D eigenvalue weighted by Gasteiger charge is 2.08. The van der Waals surface area contributed by atoms with E-state index in [2.05, 4.69) is 16.3 Å². The van der Waals surface area contributed by atoms with Crippen LogP contribution in [0.15, 0.2) is 0 Å². The second-order valence-corrected chi connectivity index (χ2v) is 4.80. The van der Waals surface area contributed by atoms with Crippen molar-refractivity contribution >= 4 is 18.3 Å². The average Bonchev–Trinajstić information content (AvgIpc) is 1.67. The Kier molecular flexibility index (Phi) is 3.18. The van der Waals surface area contributed by atoms with Gasteiger partial charge in [0, 0.05) is 7.11 Å². The maximum absolute atomic E-state index is 8.80. The predicted octanol–water partition coefficient (Wildman–Crippen LogP) is 0.458. The molecule has 5 heteroatoms. The number of hydrogen-bond acceptors (Lipinski definition) is 3. The van der Waals surface area contributed by atoms with E-state index < -0.39 is 6.49 Å². The van der Waals surface area contributed by atoms with Crippen LogP contribution in [0.4, 0.5) is 0 Å². The molecular weight excluding hydrogens is 145 g/mol. The lowest BCUT2D eigenvalue weighted by Crippen LogP contribution is -1.85. The second kappa shape index (κ2) is 3.16. The fraction of sp³-hybridized carbons (Fsp3) is 0.667. The smallest absolute Gasteiger partial charge is 0.200 e. The Morgan fingerprint density at radius 3 is 2.62 bits per heavy atom. The van der Waals surface area contributed by atoms with E-state index in [9.17, 15) is 0 Å². The first-order chi connectivity index (χ1) is 3.62. The fourth-order valence-electron chi connectivity index (χ4n) is 0.154. The van der Waals surface area contributed by atoms with E-state index in [1.165, 1.54) is 7.11 Å². The summed E-state index contributed by atoms with van der Waals surface area (Å²) in [4.78, 5) is 8.80. The summed E-state index contributed by atoms with van der Waals surface area (Å²) in [6.45, 7) is -2.70.